The van der Waals surface area contributed by atoms with Crippen LogP contribution in [0, 0.1) is 6.92 Å². The highest BCUT2D eigenvalue weighted by molar-refractivity contribution is 7.20. The van der Waals surface area contributed by atoms with Crippen LogP contribution < -0.4 is 10.5 Å². The number of ether oxygens (including phenoxy) is 1. The minimum atomic E-state index is 0.656. The predicted octanol–water partition coefficient (Wildman–Crippen LogP) is 3.97. The molecule has 84 valence electrons. The summed E-state index contributed by atoms with van der Waals surface area (Å²) in [6, 6.07) is 7.87. The van der Waals surface area contributed by atoms with Gasteiger partial charge in [0.1, 0.15) is 10.1 Å². The number of nitrogens with two attached hydrogens (primary N) is 1. The zero-order chi connectivity index (χ0) is 11.7. The maximum absolute atomic E-state index is 6.01. The summed E-state index contributed by atoms with van der Waals surface area (Å²) in [5.74, 6) is 0.844. The molecule has 0 aliphatic rings. The zero-order valence-electron chi connectivity index (χ0n) is 9.08. The minimum Gasteiger partial charge on any atom is -0.497 e. The van der Waals surface area contributed by atoms with Crippen LogP contribution in [0.15, 0.2) is 24.3 Å². The van der Waals surface area contributed by atoms with Gasteiger partial charge in [-0.2, -0.15) is 0 Å². The van der Waals surface area contributed by atoms with Gasteiger partial charge in [-0.1, -0.05) is 11.6 Å². The monoisotopic (exact) mass is 253 g/mol. The highest BCUT2D eigenvalue weighted by Gasteiger charge is 2.12. The Balaban J connectivity index is 2.46. The zero-order valence-corrected chi connectivity index (χ0v) is 10.7. The Bertz CT molecular complexity index is 504. The van der Waals surface area contributed by atoms with Gasteiger partial charge in [-0.05, 0) is 42.3 Å². The van der Waals surface area contributed by atoms with Crippen LogP contribution in [0.1, 0.15) is 5.56 Å². The van der Waals surface area contributed by atoms with E-state index in [0.29, 0.717) is 10.0 Å². The highest BCUT2D eigenvalue weighted by atomic mass is 35.5. The molecule has 0 spiro atoms. The average molecular weight is 254 g/mol. The van der Waals surface area contributed by atoms with Crippen LogP contribution in [-0.4, -0.2) is 7.11 Å². The molecule has 0 atom stereocenters. The first-order valence-electron chi connectivity index (χ1n) is 4.82. The molecule has 2 nitrogen and oxygen atoms in total. The van der Waals surface area contributed by atoms with Crippen molar-refractivity contribution in [3.63, 3.8) is 0 Å². The van der Waals surface area contributed by atoms with E-state index >= 15 is 0 Å². The van der Waals surface area contributed by atoms with Gasteiger partial charge in [0.15, 0.2) is 0 Å². The molecule has 0 fully saturated rings. The standard InChI is InChI=1S/C12H12ClNOS/c1-7-10(14)12(13)16-11(7)8-3-5-9(15-2)6-4-8/h3-6H,14H2,1-2H3. The third-order valence-corrected chi connectivity index (χ3v) is 4.08. The molecule has 16 heavy (non-hydrogen) atoms. The van der Waals surface area contributed by atoms with Crippen LogP contribution in [0.4, 0.5) is 5.69 Å². The van der Waals surface area contributed by atoms with Crippen LogP contribution >= 0.6 is 22.9 Å². The van der Waals surface area contributed by atoms with Crippen molar-refractivity contribution in [2.24, 2.45) is 0 Å². The highest BCUT2D eigenvalue weighted by Crippen LogP contribution is 2.41. The fourth-order valence-electron chi connectivity index (χ4n) is 1.51. The topological polar surface area (TPSA) is 35.2 Å². The van der Waals surface area contributed by atoms with Gasteiger partial charge in [0.2, 0.25) is 0 Å². The number of halogens is 1. The van der Waals surface area contributed by atoms with E-state index in [4.69, 9.17) is 22.1 Å². The summed E-state index contributed by atoms with van der Waals surface area (Å²) in [5, 5.41) is 0. The molecule has 0 aliphatic carbocycles. The van der Waals surface area contributed by atoms with E-state index in [1.807, 2.05) is 31.2 Å². The van der Waals surface area contributed by atoms with E-state index < -0.39 is 0 Å². The third kappa shape index (κ3) is 1.88. The van der Waals surface area contributed by atoms with Crippen LogP contribution in [0.2, 0.25) is 4.34 Å². The van der Waals surface area contributed by atoms with Crippen LogP contribution in [0.3, 0.4) is 0 Å². The molecule has 2 rings (SSSR count). The molecule has 0 bridgehead atoms. The van der Waals surface area contributed by atoms with E-state index in [-0.39, 0.29) is 0 Å². The first-order valence-corrected chi connectivity index (χ1v) is 6.01. The molecular weight excluding hydrogens is 242 g/mol. The number of rotatable bonds is 2. The lowest BCUT2D eigenvalue weighted by atomic mass is 10.1. The van der Waals surface area contributed by atoms with E-state index in [9.17, 15) is 0 Å². The van der Waals surface area contributed by atoms with Gasteiger partial charge in [-0.3, -0.25) is 0 Å². The fraction of sp³-hybridized carbons (Fsp3) is 0.167. The maximum atomic E-state index is 6.01. The molecule has 0 radical (unpaired) electrons. The molecular formula is C12H12ClNOS. The van der Waals surface area contributed by atoms with Crippen LogP contribution in [0.5, 0.6) is 5.75 Å². The summed E-state index contributed by atoms with van der Waals surface area (Å²) in [6.07, 6.45) is 0. The quantitative estimate of drug-likeness (QED) is 0.879. The lowest BCUT2D eigenvalue weighted by Crippen LogP contribution is -1.86. The van der Waals surface area contributed by atoms with E-state index in [0.717, 1.165) is 21.8 Å². The Morgan fingerprint density at radius 3 is 2.31 bits per heavy atom. The molecule has 0 amide bonds. The van der Waals surface area contributed by atoms with Crippen molar-refractivity contribution in [2.75, 3.05) is 12.8 Å². The fourth-order valence-corrected chi connectivity index (χ4v) is 2.84. The van der Waals surface area contributed by atoms with Crippen LogP contribution in [0.25, 0.3) is 10.4 Å². The first-order chi connectivity index (χ1) is 7.63. The van der Waals surface area contributed by atoms with Crippen molar-refractivity contribution < 1.29 is 4.74 Å². The summed E-state index contributed by atoms with van der Waals surface area (Å²) in [6.45, 7) is 1.98. The molecule has 1 aromatic carbocycles. The van der Waals surface area contributed by atoms with Crippen molar-refractivity contribution in [3.05, 3.63) is 34.2 Å². The van der Waals surface area contributed by atoms with Gasteiger partial charge in [-0.25, -0.2) is 0 Å². The van der Waals surface area contributed by atoms with E-state index in [2.05, 4.69) is 0 Å². The van der Waals surface area contributed by atoms with Crippen molar-refractivity contribution >= 4 is 28.6 Å². The second-order valence-electron chi connectivity index (χ2n) is 3.47. The number of anilines is 1. The molecule has 0 aliphatic heterocycles. The lowest BCUT2D eigenvalue weighted by molar-refractivity contribution is 0.415. The van der Waals surface area contributed by atoms with Gasteiger partial charge in [0.25, 0.3) is 0 Å². The van der Waals surface area contributed by atoms with Crippen LogP contribution in [-0.2, 0) is 0 Å². The normalized spacial score (nSPS) is 10.4. The minimum absolute atomic E-state index is 0.656. The Hall–Kier alpha value is -1.19. The number of hydrogen-bond donors (Lipinski definition) is 1. The van der Waals surface area contributed by atoms with Gasteiger partial charge in [0, 0.05) is 4.88 Å². The van der Waals surface area contributed by atoms with Gasteiger partial charge >= 0.3 is 0 Å². The van der Waals surface area contributed by atoms with Crippen molar-refractivity contribution in [3.8, 4) is 16.2 Å². The largest absolute Gasteiger partial charge is 0.497 e. The van der Waals surface area contributed by atoms with E-state index in [1.165, 1.54) is 11.3 Å². The summed E-state index contributed by atoms with van der Waals surface area (Å²) in [4.78, 5) is 1.12. The smallest absolute Gasteiger partial charge is 0.118 e. The summed E-state index contributed by atoms with van der Waals surface area (Å²) >= 11 is 7.52. The Morgan fingerprint density at radius 2 is 1.88 bits per heavy atom. The summed E-state index contributed by atoms with van der Waals surface area (Å²) < 4.78 is 5.77. The van der Waals surface area contributed by atoms with Gasteiger partial charge in [0.05, 0.1) is 12.8 Å². The van der Waals surface area contributed by atoms with E-state index in [1.54, 1.807) is 7.11 Å². The number of benzene rings is 1. The van der Waals surface area contributed by atoms with Crippen molar-refractivity contribution in [1.29, 1.82) is 0 Å². The number of hydrogen-bond acceptors (Lipinski definition) is 3. The SMILES string of the molecule is COc1ccc(-c2sc(Cl)c(N)c2C)cc1. The number of methoxy groups -OCH3 is 1. The first kappa shape index (κ1) is 11.3. The molecule has 1 aromatic heterocycles. The molecule has 2 N–H and O–H groups in total. The molecule has 0 unspecified atom stereocenters. The summed E-state index contributed by atoms with van der Waals surface area (Å²) in [7, 11) is 1.65. The third-order valence-electron chi connectivity index (χ3n) is 2.50. The second-order valence-corrected chi connectivity index (χ2v) is 5.09. The molecule has 0 saturated heterocycles. The summed E-state index contributed by atoms with van der Waals surface area (Å²) in [5.41, 5.74) is 8.68. The Kier molecular flexibility index (Phi) is 3.08. The van der Waals surface area contributed by atoms with Crippen molar-refractivity contribution in [1.82, 2.24) is 0 Å². The molecule has 4 heteroatoms. The van der Waals surface area contributed by atoms with Crippen molar-refractivity contribution in [2.45, 2.75) is 6.92 Å². The number of nitrogen functional groups attached to an aromatic ring is 1. The average Bonchev–Trinajstić information content (AvgIpc) is 2.57. The second kappa shape index (κ2) is 4.36. The number of thiophene rings is 1. The molecule has 2 aromatic rings. The lowest BCUT2D eigenvalue weighted by Gasteiger charge is -2.02. The Morgan fingerprint density at radius 1 is 1.25 bits per heavy atom. The maximum Gasteiger partial charge on any atom is 0.118 e. The molecule has 0 saturated carbocycles. The molecule has 1 heterocycles. The van der Waals surface area contributed by atoms with Gasteiger partial charge in [-0.15, -0.1) is 11.3 Å². The van der Waals surface area contributed by atoms with Gasteiger partial charge < -0.3 is 10.5 Å². The Labute approximate surface area is 104 Å². The predicted molar refractivity (Wildman–Crippen MR) is 70.5 cm³/mol.